The third-order valence-electron chi connectivity index (χ3n) is 8.48. The smallest absolute Gasteiger partial charge is 0.321 e. The molecule has 238 valence electrons. The molecular weight excluding hydrogens is 624 g/mol. The Bertz CT molecular complexity index is 1470. The summed E-state index contributed by atoms with van der Waals surface area (Å²) >= 11 is 7.17. The van der Waals surface area contributed by atoms with Crippen LogP contribution in [0.15, 0.2) is 47.9 Å². The first kappa shape index (κ1) is 32.4. The first-order valence-electron chi connectivity index (χ1n) is 14.9. The zero-order valence-corrected chi connectivity index (χ0v) is 27.1. The standard InChI is InChI=1S/C30H39ClN6O5S2/c1-34(30(40)32-22-7-3-2-4-8-22)23-13-17-35(19-23)20-24-9-5-16-37(24)28(38)21-36-15-6-10-26(29(36)39)33-44(41,42)18-14-25-11-12-27(31)43-25/h2-4,7-8,11-12,14,18,23-24,26,33H,5-6,9-10,13,15-17,19-21H2,1H3,(H,32,40)/t23?,24-,26-/m0/s1. The van der Waals surface area contributed by atoms with Crippen molar-refractivity contribution < 1.29 is 22.8 Å². The molecule has 14 heteroatoms. The molecule has 4 heterocycles. The van der Waals surface area contributed by atoms with Gasteiger partial charge in [0.15, 0.2) is 0 Å². The average Bonchev–Trinajstić information content (AvgIpc) is 3.76. The number of carbonyl (C=O) groups is 3. The minimum absolute atomic E-state index is 0.0368. The van der Waals surface area contributed by atoms with Gasteiger partial charge in [0.2, 0.25) is 21.8 Å². The number of carbonyl (C=O) groups excluding carboxylic acids is 3. The number of halogens is 1. The molecule has 0 bridgehead atoms. The monoisotopic (exact) mass is 662 g/mol. The van der Waals surface area contributed by atoms with Gasteiger partial charge in [-0.05, 0) is 62.4 Å². The van der Waals surface area contributed by atoms with Crippen LogP contribution in [0.1, 0.15) is 37.0 Å². The summed E-state index contributed by atoms with van der Waals surface area (Å²) in [6.07, 6.45) is 5.05. The number of piperidine rings is 1. The molecule has 3 aliphatic heterocycles. The van der Waals surface area contributed by atoms with Crippen LogP contribution in [0.2, 0.25) is 4.34 Å². The van der Waals surface area contributed by atoms with Crippen molar-refractivity contribution in [1.82, 2.24) is 24.3 Å². The summed E-state index contributed by atoms with van der Waals surface area (Å²) in [6.45, 7) is 3.27. The van der Waals surface area contributed by atoms with E-state index in [9.17, 15) is 22.8 Å². The Balaban J connectivity index is 1.11. The van der Waals surface area contributed by atoms with Crippen molar-refractivity contribution in [3.8, 4) is 0 Å². The lowest BCUT2D eigenvalue weighted by atomic mass is 10.1. The molecule has 3 fully saturated rings. The van der Waals surface area contributed by atoms with Gasteiger partial charge in [0.25, 0.3) is 0 Å². The maximum atomic E-state index is 13.4. The lowest BCUT2D eigenvalue weighted by Crippen LogP contribution is -2.55. The fraction of sp³-hybridized carbons (Fsp3) is 0.500. The Morgan fingerprint density at radius 3 is 2.59 bits per heavy atom. The quantitative estimate of drug-likeness (QED) is 0.402. The van der Waals surface area contributed by atoms with Crippen molar-refractivity contribution in [1.29, 1.82) is 0 Å². The number of para-hydroxylation sites is 1. The van der Waals surface area contributed by atoms with Gasteiger partial charge in [-0.3, -0.25) is 14.5 Å². The summed E-state index contributed by atoms with van der Waals surface area (Å²) in [4.78, 5) is 47.5. The number of anilines is 1. The molecule has 3 atom stereocenters. The summed E-state index contributed by atoms with van der Waals surface area (Å²) in [5.74, 6) is -0.496. The Kier molecular flexibility index (Phi) is 10.6. The Labute approximate surface area is 267 Å². The molecular formula is C30H39ClN6O5S2. The van der Waals surface area contributed by atoms with E-state index in [1.165, 1.54) is 22.3 Å². The van der Waals surface area contributed by atoms with Gasteiger partial charge in [0.05, 0.1) is 10.9 Å². The number of likely N-dealkylation sites (N-methyl/N-ethyl adjacent to an activating group) is 1. The first-order valence-corrected chi connectivity index (χ1v) is 17.7. The number of sulfonamides is 1. The normalized spacial score (nSPS) is 23.0. The topological polar surface area (TPSA) is 122 Å². The van der Waals surface area contributed by atoms with E-state index in [0.717, 1.165) is 43.4 Å². The lowest BCUT2D eigenvalue weighted by Gasteiger charge is -2.34. The van der Waals surface area contributed by atoms with Crippen molar-refractivity contribution in [3.05, 3.63) is 57.1 Å². The maximum absolute atomic E-state index is 13.4. The van der Waals surface area contributed by atoms with Gasteiger partial charge in [-0.1, -0.05) is 29.8 Å². The number of likely N-dealkylation sites (tertiary alicyclic amines) is 3. The molecule has 1 unspecified atom stereocenters. The van der Waals surface area contributed by atoms with Gasteiger partial charge in [-0.25, -0.2) is 13.2 Å². The van der Waals surface area contributed by atoms with Crippen LogP contribution in [0.4, 0.5) is 10.5 Å². The molecule has 2 N–H and O–H groups in total. The molecule has 3 saturated heterocycles. The highest BCUT2D eigenvalue weighted by atomic mass is 35.5. The number of nitrogens with zero attached hydrogens (tertiary/aromatic N) is 4. The molecule has 0 radical (unpaired) electrons. The number of nitrogens with one attached hydrogen (secondary N) is 2. The van der Waals surface area contributed by atoms with Crippen molar-refractivity contribution in [2.75, 3.05) is 51.6 Å². The van der Waals surface area contributed by atoms with Crippen LogP contribution in [0.25, 0.3) is 6.08 Å². The number of urea groups is 1. The summed E-state index contributed by atoms with van der Waals surface area (Å²) < 4.78 is 28.3. The van der Waals surface area contributed by atoms with E-state index in [0.29, 0.717) is 41.7 Å². The van der Waals surface area contributed by atoms with Crippen LogP contribution < -0.4 is 10.0 Å². The van der Waals surface area contributed by atoms with Crippen LogP contribution >= 0.6 is 22.9 Å². The molecule has 1 aromatic carbocycles. The highest BCUT2D eigenvalue weighted by Gasteiger charge is 2.37. The fourth-order valence-electron chi connectivity index (χ4n) is 6.12. The lowest BCUT2D eigenvalue weighted by molar-refractivity contribution is -0.143. The minimum Gasteiger partial charge on any atom is -0.337 e. The van der Waals surface area contributed by atoms with Crippen LogP contribution in [0, 0.1) is 0 Å². The van der Waals surface area contributed by atoms with Crippen LogP contribution in [0.3, 0.4) is 0 Å². The van der Waals surface area contributed by atoms with Crippen molar-refractivity contribution in [3.63, 3.8) is 0 Å². The second-order valence-corrected chi connectivity index (χ2v) is 14.9. The molecule has 11 nitrogen and oxygen atoms in total. The summed E-state index contributed by atoms with van der Waals surface area (Å²) in [5, 5.41) is 3.98. The summed E-state index contributed by atoms with van der Waals surface area (Å²) in [7, 11) is -2.05. The second-order valence-electron chi connectivity index (χ2n) is 11.6. The van der Waals surface area contributed by atoms with Gasteiger partial charge >= 0.3 is 6.03 Å². The third-order valence-corrected chi connectivity index (χ3v) is 10.8. The van der Waals surface area contributed by atoms with Crippen LogP contribution in [0.5, 0.6) is 0 Å². The molecule has 0 saturated carbocycles. The molecule has 2 aromatic rings. The third kappa shape index (κ3) is 8.39. The zero-order chi connectivity index (χ0) is 31.3. The summed E-state index contributed by atoms with van der Waals surface area (Å²) in [6, 6.07) is 11.8. The van der Waals surface area contributed by atoms with Gasteiger partial charge < -0.3 is 20.0 Å². The largest absolute Gasteiger partial charge is 0.337 e. The second kappa shape index (κ2) is 14.4. The van der Waals surface area contributed by atoms with Gasteiger partial charge in [-0.2, -0.15) is 4.72 Å². The SMILES string of the molecule is CN(C(=O)Nc1ccccc1)C1CCN(C[C@@H]2CCCN2C(=O)CN2CCC[C@H](NS(=O)(=O)C=Cc3ccc(Cl)s3)C2=O)C1. The van der Waals surface area contributed by atoms with Gasteiger partial charge in [0.1, 0.15) is 6.04 Å². The Hall–Kier alpha value is -2.97. The molecule has 0 aliphatic carbocycles. The number of benzene rings is 1. The average molecular weight is 663 g/mol. The molecule has 1 aromatic heterocycles. The Morgan fingerprint density at radius 1 is 1.07 bits per heavy atom. The van der Waals surface area contributed by atoms with E-state index < -0.39 is 16.1 Å². The first-order chi connectivity index (χ1) is 21.1. The highest BCUT2D eigenvalue weighted by molar-refractivity contribution is 7.92. The number of hydrogen-bond donors (Lipinski definition) is 2. The highest BCUT2D eigenvalue weighted by Crippen LogP contribution is 2.24. The van der Waals surface area contributed by atoms with Crippen LogP contribution in [-0.4, -0.2) is 110 Å². The van der Waals surface area contributed by atoms with Gasteiger partial charge in [-0.15, -0.1) is 11.3 Å². The minimum atomic E-state index is -3.87. The fourth-order valence-corrected chi connectivity index (χ4v) is 8.19. The molecule has 5 rings (SSSR count). The van der Waals surface area contributed by atoms with Crippen molar-refractivity contribution in [2.45, 2.75) is 50.2 Å². The predicted octanol–water partition coefficient (Wildman–Crippen LogP) is 3.51. The van der Waals surface area contributed by atoms with E-state index in [2.05, 4.69) is 14.9 Å². The van der Waals surface area contributed by atoms with E-state index in [4.69, 9.17) is 11.6 Å². The summed E-state index contributed by atoms with van der Waals surface area (Å²) in [5.41, 5.74) is 0.756. The van der Waals surface area contributed by atoms with Crippen molar-refractivity contribution >= 4 is 62.6 Å². The van der Waals surface area contributed by atoms with E-state index in [1.54, 1.807) is 17.0 Å². The number of hydrogen-bond acceptors (Lipinski definition) is 7. The maximum Gasteiger partial charge on any atom is 0.321 e. The van der Waals surface area contributed by atoms with Crippen molar-refractivity contribution in [2.24, 2.45) is 0 Å². The number of thiophene rings is 1. The number of rotatable bonds is 10. The van der Waals surface area contributed by atoms with E-state index in [-0.39, 0.29) is 36.5 Å². The molecule has 44 heavy (non-hydrogen) atoms. The Morgan fingerprint density at radius 2 is 1.84 bits per heavy atom. The van der Waals surface area contributed by atoms with Gasteiger partial charge in [0, 0.05) is 67.8 Å². The predicted molar refractivity (Wildman–Crippen MR) is 173 cm³/mol. The number of amides is 4. The molecule has 3 aliphatic rings. The van der Waals surface area contributed by atoms with E-state index in [1.807, 2.05) is 42.3 Å². The molecule has 0 spiro atoms. The zero-order valence-electron chi connectivity index (χ0n) is 24.7. The van der Waals surface area contributed by atoms with Crippen LogP contribution in [-0.2, 0) is 19.6 Å². The van der Waals surface area contributed by atoms with E-state index >= 15 is 0 Å². The molecule has 4 amide bonds.